The molecule has 0 saturated carbocycles. The number of nitrogens with zero attached hydrogens (tertiary/aromatic N) is 2. The molecule has 0 spiro atoms. The van der Waals surface area contributed by atoms with Gasteiger partial charge in [-0.15, -0.1) is 0 Å². The summed E-state index contributed by atoms with van der Waals surface area (Å²) in [7, 11) is 2.07. The Balaban J connectivity index is 2.12. The topological polar surface area (TPSA) is 17.8 Å². The summed E-state index contributed by atoms with van der Waals surface area (Å²) in [6, 6.07) is 20.9. The van der Waals surface area contributed by atoms with Gasteiger partial charge in [-0.05, 0) is 28.5 Å². The highest BCUT2D eigenvalue weighted by molar-refractivity contribution is 6.01. The molecule has 22 heavy (non-hydrogen) atoms. The molecule has 0 aliphatic carbocycles. The van der Waals surface area contributed by atoms with Gasteiger partial charge in [0, 0.05) is 12.6 Å². The van der Waals surface area contributed by atoms with Crippen molar-refractivity contribution in [2.24, 2.45) is 7.05 Å². The zero-order chi connectivity index (χ0) is 15.1. The Labute approximate surface area is 129 Å². The molecule has 0 saturated heterocycles. The van der Waals surface area contributed by atoms with E-state index in [1.54, 1.807) is 0 Å². The van der Waals surface area contributed by atoms with Gasteiger partial charge in [0.2, 0.25) is 0 Å². The monoisotopic (exact) mass is 284 g/mol. The lowest BCUT2D eigenvalue weighted by Crippen LogP contribution is -1.94. The van der Waals surface area contributed by atoms with Crippen molar-refractivity contribution in [1.82, 2.24) is 9.55 Å². The van der Waals surface area contributed by atoms with Crippen LogP contribution < -0.4 is 0 Å². The quantitative estimate of drug-likeness (QED) is 0.504. The van der Waals surface area contributed by atoms with Crippen LogP contribution in [0.2, 0.25) is 0 Å². The van der Waals surface area contributed by atoms with Gasteiger partial charge < -0.3 is 4.57 Å². The fraction of sp³-hybridized carbons (Fsp3) is 0.0500. The van der Waals surface area contributed by atoms with Crippen molar-refractivity contribution in [3.05, 3.63) is 72.8 Å². The molecule has 0 N–H and O–H groups in total. The molecular formula is C20H16N2. The van der Waals surface area contributed by atoms with Crippen molar-refractivity contribution in [1.29, 1.82) is 0 Å². The lowest BCUT2D eigenvalue weighted by molar-refractivity contribution is 0.961. The van der Waals surface area contributed by atoms with Crippen LogP contribution in [0.3, 0.4) is 0 Å². The highest BCUT2D eigenvalue weighted by Gasteiger charge is 2.13. The molecule has 0 unspecified atom stereocenters. The number of benzene rings is 3. The van der Waals surface area contributed by atoms with Gasteiger partial charge in [-0.2, -0.15) is 0 Å². The third kappa shape index (κ3) is 1.77. The summed E-state index contributed by atoms with van der Waals surface area (Å²) in [6.45, 7) is 3.95. The number of fused-ring (bicyclic) bond motifs is 2. The van der Waals surface area contributed by atoms with Crippen LogP contribution in [0.25, 0.3) is 39.3 Å². The van der Waals surface area contributed by atoms with Crippen LogP contribution in [0.5, 0.6) is 0 Å². The Morgan fingerprint density at radius 1 is 0.955 bits per heavy atom. The lowest BCUT2D eigenvalue weighted by Gasteiger charge is -2.09. The first kappa shape index (κ1) is 12.8. The summed E-state index contributed by atoms with van der Waals surface area (Å²) in [5.74, 6) is 0.987. The highest BCUT2D eigenvalue weighted by atomic mass is 15.1. The maximum Gasteiger partial charge on any atom is 0.141 e. The molecule has 0 amide bonds. The summed E-state index contributed by atoms with van der Waals surface area (Å²) in [6.07, 6.45) is 1.91. The Bertz CT molecular complexity index is 1000. The van der Waals surface area contributed by atoms with E-state index in [1.807, 2.05) is 18.2 Å². The van der Waals surface area contributed by atoms with Crippen LogP contribution in [0.15, 0.2) is 67.2 Å². The fourth-order valence-electron chi connectivity index (χ4n) is 3.11. The smallest absolute Gasteiger partial charge is 0.141 e. The van der Waals surface area contributed by atoms with E-state index in [9.17, 15) is 0 Å². The SMILES string of the molecule is C=Cc1cccc2cccc(-c3nc4ccccc4n3C)c12. The summed E-state index contributed by atoms with van der Waals surface area (Å²) in [5.41, 5.74) is 4.45. The third-order valence-electron chi connectivity index (χ3n) is 4.18. The molecule has 0 bridgehead atoms. The second kappa shape index (κ2) is 4.85. The van der Waals surface area contributed by atoms with E-state index >= 15 is 0 Å². The number of para-hydroxylation sites is 2. The molecule has 4 rings (SSSR count). The fourth-order valence-corrected chi connectivity index (χ4v) is 3.11. The molecule has 0 aliphatic rings. The van der Waals surface area contributed by atoms with Crippen molar-refractivity contribution < 1.29 is 0 Å². The Kier molecular flexibility index (Phi) is 2.83. The molecule has 106 valence electrons. The maximum absolute atomic E-state index is 4.84. The summed E-state index contributed by atoms with van der Waals surface area (Å²) < 4.78 is 2.16. The van der Waals surface area contributed by atoms with E-state index in [4.69, 9.17) is 4.98 Å². The van der Waals surface area contributed by atoms with Crippen LogP contribution in [0, 0.1) is 0 Å². The second-order valence-corrected chi connectivity index (χ2v) is 5.44. The predicted octanol–water partition coefficient (Wildman–Crippen LogP) is 5.04. The van der Waals surface area contributed by atoms with E-state index in [2.05, 4.69) is 66.7 Å². The average molecular weight is 284 g/mol. The number of aromatic nitrogens is 2. The summed E-state index contributed by atoms with van der Waals surface area (Å²) in [5, 5.41) is 2.42. The molecule has 0 atom stereocenters. The number of hydrogen-bond acceptors (Lipinski definition) is 1. The molecule has 0 fully saturated rings. The minimum absolute atomic E-state index is 0.987. The van der Waals surface area contributed by atoms with Crippen LogP contribution in [0.4, 0.5) is 0 Å². The van der Waals surface area contributed by atoms with E-state index in [-0.39, 0.29) is 0 Å². The highest BCUT2D eigenvalue weighted by Crippen LogP contribution is 2.32. The first-order valence-electron chi connectivity index (χ1n) is 7.35. The molecule has 2 heteroatoms. The van der Waals surface area contributed by atoms with Gasteiger partial charge in [-0.1, -0.05) is 61.2 Å². The molecule has 2 nitrogen and oxygen atoms in total. The van der Waals surface area contributed by atoms with Gasteiger partial charge in [-0.3, -0.25) is 0 Å². The van der Waals surface area contributed by atoms with Crippen molar-refractivity contribution >= 4 is 27.9 Å². The van der Waals surface area contributed by atoms with Gasteiger partial charge in [0.1, 0.15) is 5.82 Å². The molecule has 4 aromatic rings. The minimum atomic E-state index is 0.987. The molecule has 3 aromatic carbocycles. The number of rotatable bonds is 2. The first-order chi connectivity index (χ1) is 10.8. The van der Waals surface area contributed by atoms with Gasteiger partial charge in [0.05, 0.1) is 11.0 Å². The van der Waals surface area contributed by atoms with Crippen molar-refractivity contribution in [2.75, 3.05) is 0 Å². The lowest BCUT2D eigenvalue weighted by atomic mass is 9.99. The van der Waals surface area contributed by atoms with Crippen molar-refractivity contribution in [2.45, 2.75) is 0 Å². The second-order valence-electron chi connectivity index (χ2n) is 5.44. The van der Waals surface area contributed by atoms with E-state index in [0.717, 1.165) is 28.0 Å². The van der Waals surface area contributed by atoms with Crippen LogP contribution in [0.1, 0.15) is 5.56 Å². The van der Waals surface area contributed by atoms with Crippen molar-refractivity contribution in [3.8, 4) is 11.4 Å². The van der Waals surface area contributed by atoms with Gasteiger partial charge in [-0.25, -0.2) is 4.98 Å². The minimum Gasteiger partial charge on any atom is -0.327 e. The summed E-state index contributed by atoms with van der Waals surface area (Å²) >= 11 is 0. The van der Waals surface area contributed by atoms with Crippen LogP contribution in [-0.4, -0.2) is 9.55 Å². The zero-order valence-corrected chi connectivity index (χ0v) is 12.5. The largest absolute Gasteiger partial charge is 0.327 e. The molecule has 0 aliphatic heterocycles. The number of hydrogen-bond donors (Lipinski definition) is 0. The van der Waals surface area contributed by atoms with E-state index < -0.39 is 0 Å². The molecule has 1 aromatic heterocycles. The van der Waals surface area contributed by atoms with Crippen LogP contribution >= 0.6 is 0 Å². The Hall–Kier alpha value is -2.87. The number of aryl methyl sites for hydroxylation is 1. The molecule has 0 radical (unpaired) electrons. The Morgan fingerprint density at radius 2 is 1.73 bits per heavy atom. The molecule has 1 heterocycles. The normalized spacial score (nSPS) is 11.1. The van der Waals surface area contributed by atoms with E-state index in [1.165, 1.54) is 10.8 Å². The first-order valence-corrected chi connectivity index (χ1v) is 7.35. The van der Waals surface area contributed by atoms with Gasteiger partial charge >= 0.3 is 0 Å². The Morgan fingerprint density at radius 3 is 2.50 bits per heavy atom. The standard InChI is InChI=1S/C20H16N2/c1-3-14-8-6-9-15-10-7-11-16(19(14)15)20-21-17-12-4-5-13-18(17)22(20)2/h3-13H,1H2,2H3. The van der Waals surface area contributed by atoms with Gasteiger partial charge in [0.15, 0.2) is 0 Å². The molecular weight excluding hydrogens is 268 g/mol. The summed E-state index contributed by atoms with van der Waals surface area (Å²) in [4.78, 5) is 4.84. The van der Waals surface area contributed by atoms with Crippen molar-refractivity contribution in [3.63, 3.8) is 0 Å². The zero-order valence-electron chi connectivity index (χ0n) is 12.5. The average Bonchev–Trinajstić information content (AvgIpc) is 2.91. The third-order valence-corrected chi connectivity index (χ3v) is 4.18. The van der Waals surface area contributed by atoms with E-state index in [0.29, 0.717) is 0 Å². The number of imidazole rings is 1. The van der Waals surface area contributed by atoms with Crippen LogP contribution in [-0.2, 0) is 7.05 Å². The maximum atomic E-state index is 4.84. The van der Waals surface area contributed by atoms with Gasteiger partial charge in [0.25, 0.3) is 0 Å². The predicted molar refractivity (Wildman–Crippen MR) is 93.7 cm³/mol.